The van der Waals surface area contributed by atoms with Crippen LogP contribution in [0.1, 0.15) is 19.8 Å². The molecule has 15 heavy (non-hydrogen) atoms. The molecule has 0 aromatic carbocycles. The first-order valence-electron chi connectivity index (χ1n) is 5.04. The summed E-state index contributed by atoms with van der Waals surface area (Å²) in [6.45, 7) is 6.88. The molecule has 82 valence electrons. The maximum atomic E-state index is 11.4. The van der Waals surface area contributed by atoms with E-state index in [-0.39, 0.29) is 0 Å². The molecule has 0 atom stereocenters. The van der Waals surface area contributed by atoms with Crippen molar-refractivity contribution in [1.29, 1.82) is 0 Å². The number of nitrogens with zero attached hydrogens (tertiary/aromatic N) is 1. The maximum absolute atomic E-state index is 11.4. The molecule has 1 aliphatic rings. The molecule has 1 fully saturated rings. The molecular weight excluding hydrogens is 190 g/mol. The van der Waals surface area contributed by atoms with Crippen molar-refractivity contribution in [1.82, 2.24) is 4.90 Å². The molecule has 0 radical (unpaired) electrons. The Bertz CT molecular complexity index is 306. The number of hydrogen-bond acceptors (Lipinski definition) is 3. The molecular formula is C12H17NO2. The monoisotopic (exact) mass is 207 g/mol. The van der Waals surface area contributed by atoms with Crippen LogP contribution in [0.5, 0.6) is 0 Å². The Morgan fingerprint density at radius 1 is 1.53 bits per heavy atom. The number of ether oxygens (including phenoxy) is 1. The van der Waals surface area contributed by atoms with E-state index in [0.29, 0.717) is 18.4 Å². The van der Waals surface area contributed by atoms with E-state index in [4.69, 9.17) is 11.2 Å². The van der Waals surface area contributed by atoms with E-state index in [0.717, 1.165) is 13.1 Å². The summed E-state index contributed by atoms with van der Waals surface area (Å²) in [5, 5.41) is 0. The molecule has 3 nitrogen and oxygen atoms in total. The summed E-state index contributed by atoms with van der Waals surface area (Å²) in [6, 6.07) is 0. The van der Waals surface area contributed by atoms with E-state index in [1.54, 1.807) is 6.92 Å². The lowest BCUT2D eigenvalue weighted by Crippen LogP contribution is -2.45. The number of esters is 1. The van der Waals surface area contributed by atoms with E-state index in [1.165, 1.54) is 0 Å². The van der Waals surface area contributed by atoms with Crippen LogP contribution in [-0.4, -0.2) is 36.6 Å². The number of hydrogen-bond donors (Lipinski definition) is 0. The van der Waals surface area contributed by atoms with Gasteiger partial charge in [-0.15, -0.1) is 6.42 Å². The SMILES string of the molecule is C#CC1(OC(=O)C(=C)C)CCN(C)CC1. The van der Waals surface area contributed by atoms with E-state index in [9.17, 15) is 4.79 Å². The van der Waals surface area contributed by atoms with Crippen LogP contribution in [-0.2, 0) is 9.53 Å². The van der Waals surface area contributed by atoms with Crippen molar-refractivity contribution in [2.45, 2.75) is 25.4 Å². The van der Waals surface area contributed by atoms with Crippen molar-refractivity contribution in [3.8, 4) is 12.3 Å². The number of carbonyl (C=O) groups is 1. The fourth-order valence-corrected chi connectivity index (χ4v) is 1.52. The quantitative estimate of drug-likeness (QED) is 0.387. The van der Waals surface area contributed by atoms with Gasteiger partial charge in [-0.2, -0.15) is 0 Å². The van der Waals surface area contributed by atoms with Crippen LogP contribution in [0.4, 0.5) is 0 Å². The molecule has 0 N–H and O–H groups in total. The summed E-state index contributed by atoms with van der Waals surface area (Å²) < 4.78 is 5.34. The van der Waals surface area contributed by atoms with Crippen LogP contribution in [0.25, 0.3) is 0 Å². The lowest BCUT2D eigenvalue weighted by atomic mass is 9.92. The number of rotatable bonds is 2. The number of carbonyl (C=O) groups excluding carboxylic acids is 1. The second kappa shape index (κ2) is 4.50. The Morgan fingerprint density at radius 3 is 2.47 bits per heavy atom. The Labute approximate surface area is 91.1 Å². The van der Waals surface area contributed by atoms with Gasteiger partial charge in [-0.1, -0.05) is 12.5 Å². The van der Waals surface area contributed by atoms with Gasteiger partial charge in [0.2, 0.25) is 0 Å². The molecule has 0 aromatic rings. The largest absolute Gasteiger partial charge is 0.442 e. The highest BCUT2D eigenvalue weighted by molar-refractivity contribution is 5.87. The van der Waals surface area contributed by atoms with Crippen molar-refractivity contribution in [2.24, 2.45) is 0 Å². The smallest absolute Gasteiger partial charge is 0.334 e. The first-order chi connectivity index (χ1) is 6.99. The number of piperidine rings is 1. The average Bonchev–Trinajstić information content (AvgIpc) is 2.21. The van der Waals surface area contributed by atoms with Gasteiger partial charge in [0.15, 0.2) is 5.60 Å². The minimum absolute atomic E-state index is 0.391. The summed E-state index contributed by atoms with van der Waals surface area (Å²) in [7, 11) is 2.03. The fraction of sp³-hybridized carbons (Fsp3) is 0.583. The van der Waals surface area contributed by atoms with Crippen LogP contribution in [0.2, 0.25) is 0 Å². The van der Waals surface area contributed by atoms with Crippen LogP contribution < -0.4 is 0 Å². The van der Waals surface area contributed by atoms with Gasteiger partial charge in [-0.05, 0) is 14.0 Å². The highest BCUT2D eigenvalue weighted by Gasteiger charge is 2.35. The zero-order valence-electron chi connectivity index (χ0n) is 9.38. The molecule has 3 heteroatoms. The van der Waals surface area contributed by atoms with Crippen molar-refractivity contribution in [3.05, 3.63) is 12.2 Å². The minimum atomic E-state index is -0.720. The fourth-order valence-electron chi connectivity index (χ4n) is 1.52. The summed E-state index contributed by atoms with van der Waals surface area (Å²) >= 11 is 0. The second-order valence-electron chi connectivity index (χ2n) is 4.11. The molecule has 0 aromatic heterocycles. The highest BCUT2D eigenvalue weighted by atomic mass is 16.6. The molecule has 1 aliphatic heterocycles. The standard InChI is InChI=1S/C12H17NO2/c1-5-12(15-11(14)10(2)3)6-8-13(4)9-7-12/h1H,2,6-9H2,3-4H3. The highest BCUT2D eigenvalue weighted by Crippen LogP contribution is 2.25. The third kappa shape index (κ3) is 2.84. The Hall–Kier alpha value is -1.27. The molecule has 0 aliphatic carbocycles. The van der Waals surface area contributed by atoms with Crippen molar-refractivity contribution < 1.29 is 9.53 Å². The van der Waals surface area contributed by atoms with Gasteiger partial charge in [0.05, 0.1) is 0 Å². The van der Waals surface area contributed by atoms with Crippen molar-refractivity contribution >= 4 is 5.97 Å². The molecule has 0 amide bonds. The molecule has 1 saturated heterocycles. The van der Waals surface area contributed by atoms with Gasteiger partial charge in [0, 0.05) is 31.5 Å². The minimum Gasteiger partial charge on any atom is -0.442 e. The first-order valence-corrected chi connectivity index (χ1v) is 5.04. The molecule has 1 rings (SSSR count). The van der Waals surface area contributed by atoms with E-state index >= 15 is 0 Å². The van der Waals surface area contributed by atoms with Gasteiger partial charge in [-0.3, -0.25) is 0 Å². The van der Waals surface area contributed by atoms with Gasteiger partial charge >= 0.3 is 5.97 Å². The van der Waals surface area contributed by atoms with E-state index < -0.39 is 11.6 Å². The Morgan fingerprint density at radius 2 is 2.07 bits per heavy atom. The molecule has 0 bridgehead atoms. The summed E-state index contributed by atoms with van der Waals surface area (Å²) in [6.07, 6.45) is 6.84. The summed E-state index contributed by atoms with van der Waals surface area (Å²) in [5.74, 6) is 2.22. The van der Waals surface area contributed by atoms with Crippen LogP contribution in [0.3, 0.4) is 0 Å². The third-order valence-corrected chi connectivity index (χ3v) is 2.69. The lowest BCUT2D eigenvalue weighted by molar-refractivity contribution is -0.152. The molecule has 0 unspecified atom stereocenters. The predicted molar refractivity (Wildman–Crippen MR) is 59.2 cm³/mol. The Balaban J connectivity index is 2.67. The van der Waals surface area contributed by atoms with Crippen LogP contribution >= 0.6 is 0 Å². The third-order valence-electron chi connectivity index (χ3n) is 2.69. The van der Waals surface area contributed by atoms with E-state index in [2.05, 4.69) is 17.4 Å². The number of terminal acetylenes is 1. The average molecular weight is 207 g/mol. The maximum Gasteiger partial charge on any atom is 0.334 e. The molecule has 0 spiro atoms. The molecule has 1 heterocycles. The lowest BCUT2D eigenvalue weighted by Gasteiger charge is -2.36. The Kier molecular flexibility index (Phi) is 3.54. The van der Waals surface area contributed by atoms with Gasteiger partial charge in [0.1, 0.15) is 0 Å². The van der Waals surface area contributed by atoms with Crippen LogP contribution in [0, 0.1) is 12.3 Å². The normalized spacial score (nSPS) is 20.3. The second-order valence-corrected chi connectivity index (χ2v) is 4.11. The zero-order valence-corrected chi connectivity index (χ0v) is 9.38. The van der Waals surface area contributed by atoms with Crippen molar-refractivity contribution in [3.63, 3.8) is 0 Å². The van der Waals surface area contributed by atoms with Gasteiger partial charge in [-0.25, -0.2) is 4.79 Å². The topological polar surface area (TPSA) is 29.5 Å². The molecule has 0 saturated carbocycles. The zero-order chi connectivity index (χ0) is 11.5. The van der Waals surface area contributed by atoms with Gasteiger partial charge in [0.25, 0.3) is 0 Å². The van der Waals surface area contributed by atoms with Gasteiger partial charge < -0.3 is 9.64 Å². The van der Waals surface area contributed by atoms with Crippen molar-refractivity contribution in [2.75, 3.05) is 20.1 Å². The van der Waals surface area contributed by atoms with Crippen LogP contribution in [0.15, 0.2) is 12.2 Å². The van der Waals surface area contributed by atoms with E-state index in [1.807, 2.05) is 7.05 Å². The summed E-state index contributed by atoms with van der Waals surface area (Å²) in [5.41, 5.74) is -0.328. The predicted octanol–water partition coefficient (Wildman–Crippen LogP) is 1.20. The summed E-state index contributed by atoms with van der Waals surface area (Å²) in [4.78, 5) is 13.6. The number of likely N-dealkylation sites (tertiary alicyclic amines) is 1. The first kappa shape index (κ1) is 11.8.